The second kappa shape index (κ2) is 13.8. The van der Waals surface area contributed by atoms with E-state index in [-0.39, 0.29) is 5.76 Å². The zero-order valence-corrected chi connectivity index (χ0v) is 21.6. The summed E-state index contributed by atoms with van der Waals surface area (Å²) in [4.78, 5) is 19.6. The van der Waals surface area contributed by atoms with E-state index in [1.54, 1.807) is 11.0 Å². The van der Waals surface area contributed by atoms with E-state index >= 15 is 0 Å². The Morgan fingerprint density at radius 3 is 1.49 bits per heavy atom. The zero-order chi connectivity index (χ0) is 26.5. The van der Waals surface area contributed by atoms with Crippen LogP contribution in [-0.2, 0) is 15.2 Å². The molecule has 1 N–H and O–H groups in total. The van der Waals surface area contributed by atoms with Crippen LogP contribution in [0.1, 0.15) is 43.2 Å². The molecule has 0 atom stereocenters. The number of rotatable bonds is 10. The maximum atomic E-state index is 11.7. The molecular formula is C31H34N2O4. The monoisotopic (exact) mass is 498 g/mol. The largest absolute Gasteiger partial charge is 0.543 e. The number of carboxylic acids is 1. The highest BCUT2D eigenvalue weighted by molar-refractivity contribution is 6.40. The van der Waals surface area contributed by atoms with Gasteiger partial charge in [0.1, 0.15) is 0 Å². The van der Waals surface area contributed by atoms with Crippen molar-refractivity contribution in [3.05, 3.63) is 132 Å². The Bertz CT molecular complexity index is 1120. The van der Waals surface area contributed by atoms with Crippen molar-refractivity contribution in [1.82, 2.24) is 0 Å². The summed E-state index contributed by atoms with van der Waals surface area (Å²) in [6.07, 6.45) is 1.37. The van der Waals surface area contributed by atoms with Crippen LogP contribution in [0.2, 0.25) is 0 Å². The maximum Gasteiger partial charge on any atom is 0.212 e. The second-order valence-corrected chi connectivity index (χ2v) is 8.39. The van der Waals surface area contributed by atoms with Crippen LogP contribution in [0.5, 0.6) is 0 Å². The number of furan rings is 1. The van der Waals surface area contributed by atoms with Gasteiger partial charge in [0.25, 0.3) is 0 Å². The fourth-order valence-corrected chi connectivity index (χ4v) is 4.14. The van der Waals surface area contributed by atoms with Crippen molar-refractivity contribution in [3.63, 3.8) is 0 Å². The topological polar surface area (TPSA) is 79.3 Å². The molecule has 192 valence electrons. The minimum absolute atomic E-state index is 0.0538. The van der Waals surface area contributed by atoms with E-state index in [2.05, 4.69) is 25.9 Å². The quantitative estimate of drug-likeness (QED) is 0.206. The normalized spacial score (nSPS) is 11.5. The molecule has 0 amide bonds. The Kier molecular flexibility index (Phi) is 10.2. The van der Waals surface area contributed by atoms with Gasteiger partial charge in [0.05, 0.1) is 31.9 Å². The molecule has 0 radical (unpaired) electrons. The number of hydrogen-bond acceptors (Lipinski definition) is 5. The first-order valence-corrected chi connectivity index (χ1v) is 12.6. The highest BCUT2D eigenvalue weighted by atomic mass is 16.7. The molecule has 3 aromatic carbocycles. The minimum atomic E-state index is -1.49. The molecule has 0 aliphatic heterocycles. The van der Waals surface area contributed by atoms with Crippen LogP contribution in [0.15, 0.2) is 119 Å². The van der Waals surface area contributed by atoms with E-state index in [4.69, 9.17) is 9.25 Å². The molecule has 0 fully saturated rings. The summed E-state index contributed by atoms with van der Waals surface area (Å²) in [5.41, 5.74) is 0.777. The van der Waals surface area contributed by atoms with E-state index in [9.17, 15) is 9.90 Å². The van der Waals surface area contributed by atoms with Gasteiger partial charge in [-0.25, -0.2) is 0 Å². The molecule has 4 rings (SSSR count). The first-order chi connectivity index (χ1) is 18.1. The van der Waals surface area contributed by atoms with Crippen LogP contribution in [-0.4, -0.2) is 31.3 Å². The Balaban J connectivity index is 0.000000479. The van der Waals surface area contributed by atoms with Crippen LogP contribution >= 0.6 is 0 Å². The minimum Gasteiger partial charge on any atom is -0.543 e. The SMILES string of the molecule is CC[NH+](CC)CC.O=C([O-])C(=NOC(c1ccccc1)(c1ccccc1)c1ccccc1)c1ccco1. The summed E-state index contributed by atoms with van der Waals surface area (Å²) in [6, 6.07) is 31.7. The number of carboxylic acid groups (broad SMARTS) is 1. The number of hydrogen-bond donors (Lipinski definition) is 1. The fourth-order valence-electron chi connectivity index (χ4n) is 4.14. The average molecular weight is 499 g/mol. The summed E-state index contributed by atoms with van der Waals surface area (Å²) < 4.78 is 5.21. The third-order valence-corrected chi connectivity index (χ3v) is 6.26. The number of benzene rings is 3. The molecule has 1 aromatic heterocycles. The van der Waals surface area contributed by atoms with Gasteiger partial charge in [-0.3, -0.25) is 0 Å². The van der Waals surface area contributed by atoms with Crippen LogP contribution in [0.4, 0.5) is 0 Å². The third kappa shape index (κ3) is 6.74. The molecule has 0 unspecified atom stereocenters. The summed E-state index contributed by atoms with van der Waals surface area (Å²) in [5.74, 6) is -1.44. The fraction of sp³-hybridized carbons (Fsp3) is 0.226. The first-order valence-electron chi connectivity index (χ1n) is 12.6. The van der Waals surface area contributed by atoms with Gasteiger partial charge in [-0.1, -0.05) is 96.2 Å². The number of quaternary nitrogens is 1. The highest BCUT2D eigenvalue weighted by Gasteiger charge is 2.39. The molecule has 0 bridgehead atoms. The number of carbonyl (C=O) groups is 1. The molecule has 0 spiro atoms. The number of oxime groups is 1. The summed E-state index contributed by atoms with van der Waals surface area (Å²) in [7, 11) is 0. The van der Waals surface area contributed by atoms with Crippen LogP contribution in [0, 0.1) is 0 Å². The standard InChI is InChI=1S/C25H19NO4.C6H15N/c27-24(28)23(22-17-10-18-29-22)26-30-25(19-11-4-1-5-12-19,20-13-6-2-7-14-20)21-15-8-3-9-16-21;1-4-7(5-2)6-3/h1-18H,(H,27,28);4-6H2,1-3H3. The molecule has 1 heterocycles. The predicted octanol–water partition coefficient (Wildman–Crippen LogP) is 3.67. The third-order valence-electron chi connectivity index (χ3n) is 6.26. The number of carbonyl (C=O) groups excluding carboxylic acids is 1. The lowest BCUT2D eigenvalue weighted by atomic mass is 9.80. The van der Waals surface area contributed by atoms with Crippen molar-refractivity contribution in [3.8, 4) is 0 Å². The molecule has 6 heteroatoms. The molecule has 0 aliphatic rings. The van der Waals surface area contributed by atoms with E-state index in [1.165, 1.54) is 32.0 Å². The summed E-state index contributed by atoms with van der Waals surface area (Å²) >= 11 is 0. The number of nitrogens with one attached hydrogen (secondary N) is 1. The summed E-state index contributed by atoms with van der Waals surface area (Å²) in [6.45, 7) is 10.5. The van der Waals surface area contributed by atoms with E-state index in [1.807, 2.05) is 91.0 Å². The van der Waals surface area contributed by atoms with Crippen molar-refractivity contribution in [2.24, 2.45) is 5.16 Å². The predicted molar refractivity (Wildman–Crippen MR) is 143 cm³/mol. The molecule has 0 saturated carbocycles. The van der Waals surface area contributed by atoms with Gasteiger partial charge in [-0.15, -0.1) is 0 Å². The van der Waals surface area contributed by atoms with E-state index in [0.29, 0.717) is 0 Å². The molecular weight excluding hydrogens is 464 g/mol. The van der Waals surface area contributed by atoms with E-state index in [0.717, 1.165) is 16.7 Å². The molecule has 6 nitrogen and oxygen atoms in total. The zero-order valence-electron chi connectivity index (χ0n) is 21.6. The average Bonchev–Trinajstić information content (AvgIpc) is 3.48. The van der Waals surface area contributed by atoms with Crippen molar-refractivity contribution in [2.75, 3.05) is 19.6 Å². The van der Waals surface area contributed by atoms with Gasteiger partial charge >= 0.3 is 0 Å². The van der Waals surface area contributed by atoms with Crippen molar-refractivity contribution < 1.29 is 24.1 Å². The summed E-state index contributed by atoms with van der Waals surface area (Å²) in [5, 5.41) is 15.8. The van der Waals surface area contributed by atoms with Crippen LogP contribution < -0.4 is 10.0 Å². The lowest BCUT2D eigenvalue weighted by Crippen LogP contribution is -3.11. The molecule has 37 heavy (non-hydrogen) atoms. The Morgan fingerprint density at radius 2 is 1.19 bits per heavy atom. The Morgan fingerprint density at radius 1 is 0.757 bits per heavy atom. The number of aliphatic carboxylic acids is 1. The van der Waals surface area contributed by atoms with Gasteiger partial charge < -0.3 is 24.1 Å². The molecule has 0 saturated heterocycles. The van der Waals surface area contributed by atoms with Crippen molar-refractivity contribution in [1.29, 1.82) is 0 Å². The Hall–Kier alpha value is -4.16. The number of nitrogens with zero attached hydrogens (tertiary/aromatic N) is 1. The van der Waals surface area contributed by atoms with Crippen LogP contribution in [0.3, 0.4) is 0 Å². The van der Waals surface area contributed by atoms with Gasteiger partial charge in [0.2, 0.25) is 5.60 Å². The second-order valence-electron chi connectivity index (χ2n) is 8.39. The highest BCUT2D eigenvalue weighted by Crippen LogP contribution is 2.40. The van der Waals surface area contributed by atoms with Gasteiger partial charge in [0, 0.05) is 16.7 Å². The Labute approximate surface area is 218 Å². The first kappa shape index (κ1) is 27.4. The van der Waals surface area contributed by atoms with Crippen LogP contribution in [0.25, 0.3) is 0 Å². The van der Waals surface area contributed by atoms with Crippen molar-refractivity contribution in [2.45, 2.75) is 26.4 Å². The smallest absolute Gasteiger partial charge is 0.212 e. The van der Waals surface area contributed by atoms with Gasteiger partial charge in [0.15, 0.2) is 11.5 Å². The lowest BCUT2D eigenvalue weighted by molar-refractivity contribution is -0.894. The van der Waals surface area contributed by atoms with E-state index < -0.39 is 17.3 Å². The van der Waals surface area contributed by atoms with Gasteiger partial charge in [-0.05, 0) is 32.9 Å². The van der Waals surface area contributed by atoms with Gasteiger partial charge in [-0.2, -0.15) is 0 Å². The lowest BCUT2D eigenvalue weighted by Gasteiger charge is -2.33. The van der Waals surface area contributed by atoms with Crippen molar-refractivity contribution >= 4 is 11.7 Å². The molecule has 0 aliphatic carbocycles. The molecule has 4 aromatic rings. The maximum absolute atomic E-state index is 11.7.